The summed E-state index contributed by atoms with van der Waals surface area (Å²) in [5.74, 6) is 1.43. The Kier molecular flexibility index (Phi) is 5.73. The van der Waals surface area contributed by atoms with Crippen molar-refractivity contribution in [2.24, 2.45) is 0 Å². The predicted molar refractivity (Wildman–Crippen MR) is 106 cm³/mol. The van der Waals surface area contributed by atoms with Crippen molar-refractivity contribution in [1.29, 1.82) is 0 Å². The van der Waals surface area contributed by atoms with Crippen molar-refractivity contribution >= 4 is 23.2 Å². The number of benzene rings is 2. The summed E-state index contributed by atoms with van der Waals surface area (Å²) >= 11 is 0. The Balaban J connectivity index is 1.70. The summed E-state index contributed by atoms with van der Waals surface area (Å²) in [4.78, 5) is 26.6. The van der Waals surface area contributed by atoms with Crippen molar-refractivity contribution in [1.82, 2.24) is 0 Å². The molecule has 148 valence electrons. The van der Waals surface area contributed by atoms with Crippen LogP contribution in [0.3, 0.4) is 0 Å². The fraction of sp³-hybridized carbons (Fsp3) is 0.333. The van der Waals surface area contributed by atoms with E-state index in [4.69, 9.17) is 14.2 Å². The van der Waals surface area contributed by atoms with E-state index in [-0.39, 0.29) is 24.8 Å². The fourth-order valence-electron chi connectivity index (χ4n) is 3.13. The highest BCUT2D eigenvalue weighted by Crippen LogP contribution is 2.34. The summed E-state index contributed by atoms with van der Waals surface area (Å²) in [6.45, 7) is 3.85. The molecule has 1 atom stereocenters. The largest absolute Gasteiger partial charge is 0.493 e. The van der Waals surface area contributed by atoms with E-state index in [2.05, 4.69) is 5.32 Å². The zero-order valence-electron chi connectivity index (χ0n) is 16.4. The van der Waals surface area contributed by atoms with Crippen LogP contribution in [0.25, 0.3) is 0 Å². The molecule has 1 aliphatic rings. The maximum absolute atomic E-state index is 12.5. The van der Waals surface area contributed by atoms with Gasteiger partial charge in [0, 0.05) is 24.7 Å². The second-order valence-corrected chi connectivity index (χ2v) is 6.54. The highest BCUT2D eigenvalue weighted by atomic mass is 16.5. The van der Waals surface area contributed by atoms with Gasteiger partial charge < -0.3 is 24.4 Å². The predicted octanol–water partition coefficient (Wildman–Crippen LogP) is 3.15. The van der Waals surface area contributed by atoms with Gasteiger partial charge in [0.25, 0.3) is 5.91 Å². The molecule has 0 aliphatic carbocycles. The van der Waals surface area contributed by atoms with Crippen LogP contribution in [-0.4, -0.2) is 38.7 Å². The average molecular weight is 384 g/mol. The summed E-state index contributed by atoms with van der Waals surface area (Å²) in [5, 5.41) is 2.88. The topological polar surface area (TPSA) is 77.1 Å². The van der Waals surface area contributed by atoms with E-state index in [1.807, 2.05) is 31.2 Å². The summed E-state index contributed by atoms with van der Waals surface area (Å²) in [7, 11) is 3.11. The number of anilines is 2. The van der Waals surface area contributed by atoms with Crippen LogP contribution in [0.4, 0.5) is 11.4 Å². The highest BCUT2D eigenvalue weighted by Gasteiger charge is 2.31. The van der Waals surface area contributed by atoms with Crippen LogP contribution < -0.4 is 24.4 Å². The number of methoxy groups -OCH3 is 2. The first-order chi connectivity index (χ1) is 13.4. The first-order valence-electron chi connectivity index (χ1n) is 9.04. The molecule has 0 spiro atoms. The number of carbonyl (C=O) groups excluding carboxylic acids is 2. The fourth-order valence-corrected chi connectivity index (χ4v) is 3.13. The Morgan fingerprint density at radius 2 is 1.86 bits per heavy atom. The summed E-state index contributed by atoms with van der Waals surface area (Å²) in [6, 6.07) is 10.9. The number of hydrogen-bond acceptors (Lipinski definition) is 5. The van der Waals surface area contributed by atoms with E-state index < -0.39 is 6.10 Å². The van der Waals surface area contributed by atoms with Gasteiger partial charge in [-0.25, -0.2) is 0 Å². The third-order valence-electron chi connectivity index (χ3n) is 4.64. The molecule has 1 heterocycles. The Morgan fingerprint density at radius 3 is 2.57 bits per heavy atom. The number of ether oxygens (including phenoxy) is 3. The molecule has 0 radical (unpaired) electrons. The standard InChI is InChI=1S/C21H24N2O5/c1-13-11-18(26-3)19(27-4)12-15(13)22-20(24)9-10-23-16-7-5-6-8-17(16)28-14(2)21(23)25/h5-8,11-12,14H,9-10H2,1-4H3,(H,22,24)/t14-/m1/s1. The lowest BCUT2D eigenvalue weighted by atomic mass is 10.1. The lowest BCUT2D eigenvalue weighted by molar-refractivity contribution is -0.125. The molecule has 0 saturated heterocycles. The van der Waals surface area contributed by atoms with Crippen molar-refractivity contribution in [2.45, 2.75) is 26.4 Å². The SMILES string of the molecule is COc1cc(C)c(NC(=O)CCN2C(=O)[C@@H](C)Oc3ccccc32)cc1OC. The van der Waals surface area contributed by atoms with E-state index in [1.54, 1.807) is 38.2 Å². The van der Waals surface area contributed by atoms with E-state index in [1.165, 1.54) is 0 Å². The van der Waals surface area contributed by atoms with Crippen molar-refractivity contribution in [3.63, 3.8) is 0 Å². The number of nitrogens with one attached hydrogen (secondary N) is 1. The molecule has 0 saturated carbocycles. The van der Waals surface area contributed by atoms with Crippen LogP contribution in [0.5, 0.6) is 17.2 Å². The van der Waals surface area contributed by atoms with Crippen LogP contribution in [0, 0.1) is 6.92 Å². The molecule has 7 nitrogen and oxygen atoms in total. The summed E-state index contributed by atoms with van der Waals surface area (Å²) in [5.41, 5.74) is 2.18. The first kappa shape index (κ1) is 19.5. The van der Waals surface area contributed by atoms with Crippen LogP contribution in [0.2, 0.25) is 0 Å². The number of rotatable bonds is 6. The Hall–Kier alpha value is -3.22. The Bertz CT molecular complexity index is 896. The molecule has 7 heteroatoms. The molecule has 3 rings (SSSR count). The van der Waals surface area contributed by atoms with Gasteiger partial charge in [-0.15, -0.1) is 0 Å². The minimum absolute atomic E-state index is 0.153. The van der Waals surface area contributed by atoms with Gasteiger partial charge in [-0.1, -0.05) is 12.1 Å². The van der Waals surface area contributed by atoms with Gasteiger partial charge in [0.1, 0.15) is 5.75 Å². The molecule has 0 aromatic heterocycles. The second-order valence-electron chi connectivity index (χ2n) is 6.54. The van der Waals surface area contributed by atoms with Gasteiger partial charge in [-0.3, -0.25) is 9.59 Å². The molecule has 2 aromatic rings. The number of nitrogens with zero attached hydrogens (tertiary/aromatic N) is 1. The maximum Gasteiger partial charge on any atom is 0.267 e. The number of fused-ring (bicyclic) bond motifs is 1. The zero-order chi connectivity index (χ0) is 20.3. The maximum atomic E-state index is 12.5. The molecule has 0 bridgehead atoms. The summed E-state index contributed by atoms with van der Waals surface area (Å²) < 4.78 is 16.2. The van der Waals surface area contributed by atoms with E-state index in [0.29, 0.717) is 28.6 Å². The molecular weight excluding hydrogens is 360 g/mol. The van der Waals surface area contributed by atoms with Gasteiger partial charge >= 0.3 is 0 Å². The highest BCUT2D eigenvalue weighted by molar-refractivity contribution is 6.01. The van der Waals surface area contributed by atoms with Gasteiger partial charge in [0.05, 0.1) is 19.9 Å². The smallest absolute Gasteiger partial charge is 0.267 e. The molecular formula is C21H24N2O5. The van der Waals surface area contributed by atoms with Crippen LogP contribution in [0.1, 0.15) is 18.9 Å². The average Bonchev–Trinajstić information content (AvgIpc) is 2.69. The molecule has 0 fully saturated rings. The number of para-hydroxylation sites is 2. The van der Waals surface area contributed by atoms with Crippen molar-refractivity contribution in [2.75, 3.05) is 31.0 Å². The first-order valence-corrected chi connectivity index (χ1v) is 9.04. The molecule has 2 aromatic carbocycles. The van der Waals surface area contributed by atoms with E-state index in [9.17, 15) is 9.59 Å². The zero-order valence-corrected chi connectivity index (χ0v) is 16.4. The van der Waals surface area contributed by atoms with E-state index in [0.717, 1.165) is 5.56 Å². The number of carbonyl (C=O) groups is 2. The molecule has 2 amide bonds. The lowest BCUT2D eigenvalue weighted by Gasteiger charge is -2.32. The molecule has 0 unspecified atom stereocenters. The minimum Gasteiger partial charge on any atom is -0.493 e. The van der Waals surface area contributed by atoms with Gasteiger partial charge in [-0.05, 0) is 37.6 Å². The second kappa shape index (κ2) is 8.21. The van der Waals surface area contributed by atoms with E-state index >= 15 is 0 Å². The van der Waals surface area contributed by atoms with Crippen LogP contribution in [-0.2, 0) is 9.59 Å². The number of aryl methyl sites for hydroxylation is 1. The van der Waals surface area contributed by atoms with Gasteiger partial charge in [0.15, 0.2) is 17.6 Å². The van der Waals surface area contributed by atoms with Gasteiger partial charge in [0.2, 0.25) is 5.91 Å². The lowest BCUT2D eigenvalue weighted by Crippen LogP contribution is -2.45. The van der Waals surface area contributed by atoms with Crippen molar-refractivity contribution in [3.05, 3.63) is 42.0 Å². The normalized spacial score (nSPS) is 15.5. The third kappa shape index (κ3) is 3.88. The van der Waals surface area contributed by atoms with Gasteiger partial charge in [-0.2, -0.15) is 0 Å². The molecule has 28 heavy (non-hydrogen) atoms. The van der Waals surface area contributed by atoms with Crippen LogP contribution >= 0.6 is 0 Å². The Labute approximate surface area is 164 Å². The Morgan fingerprint density at radius 1 is 1.18 bits per heavy atom. The minimum atomic E-state index is -0.578. The van der Waals surface area contributed by atoms with Crippen molar-refractivity contribution < 1.29 is 23.8 Å². The number of amides is 2. The molecule has 1 N–H and O–H groups in total. The third-order valence-corrected chi connectivity index (χ3v) is 4.64. The monoisotopic (exact) mass is 384 g/mol. The van der Waals surface area contributed by atoms with Crippen molar-refractivity contribution in [3.8, 4) is 17.2 Å². The van der Waals surface area contributed by atoms with Crippen LogP contribution in [0.15, 0.2) is 36.4 Å². The molecule has 1 aliphatic heterocycles. The number of hydrogen-bond donors (Lipinski definition) is 1. The quantitative estimate of drug-likeness (QED) is 0.828. The summed E-state index contributed by atoms with van der Waals surface area (Å²) in [6.07, 6.45) is -0.424.